The fourth-order valence-corrected chi connectivity index (χ4v) is 3.28. The summed E-state index contributed by atoms with van der Waals surface area (Å²) < 4.78 is 0. The van der Waals surface area contributed by atoms with Gasteiger partial charge in [0.25, 0.3) is 5.91 Å². The molecule has 0 spiro atoms. The van der Waals surface area contributed by atoms with Crippen molar-refractivity contribution in [3.8, 4) is 6.07 Å². The molecule has 0 bridgehead atoms. The van der Waals surface area contributed by atoms with Gasteiger partial charge in [-0.2, -0.15) is 5.26 Å². The van der Waals surface area contributed by atoms with Crippen LogP contribution in [-0.4, -0.2) is 23.7 Å². The van der Waals surface area contributed by atoms with Crippen molar-refractivity contribution in [1.29, 1.82) is 5.26 Å². The highest BCUT2D eigenvalue weighted by Gasteiger charge is 2.44. The Labute approximate surface area is 131 Å². The number of nitrogens with zero attached hydrogens (tertiary/aromatic N) is 1. The van der Waals surface area contributed by atoms with Gasteiger partial charge in [-0.05, 0) is 43.4 Å². The maximum atomic E-state index is 12.2. The normalized spacial score (nSPS) is 26.0. The first-order chi connectivity index (χ1) is 10.6. The van der Waals surface area contributed by atoms with E-state index in [0.29, 0.717) is 12.1 Å². The predicted molar refractivity (Wildman–Crippen MR) is 83.3 cm³/mol. The third-order valence-electron chi connectivity index (χ3n) is 5.06. The largest absolute Gasteiger partial charge is 0.393 e. The van der Waals surface area contributed by atoms with Crippen LogP contribution in [0.1, 0.15) is 54.4 Å². The zero-order chi connectivity index (χ0) is 15.6. The Balaban J connectivity index is 1.57. The van der Waals surface area contributed by atoms with Gasteiger partial charge in [-0.25, -0.2) is 0 Å². The lowest BCUT2D eigenvalue weighted by Crippen LogP contribution is -2.36. The van der Waals surface area contributed by atoms with Crippen LogP contribution in [0.25, 0.3) is 0 Å². The Bertz CT molecular complexity index is 584. The predicted octanol–water partition coefficient (Wildman–Crippen LogP) is 2.52. The van der Waals surface area contributed by atoms with Crippen molar-refractivity contribution in [3.05, 3.63) is 35.4 Å². The van der Waals surface area contributed by atoms with Crippen LogP contribution in [0.2, 0.25) is 0 Å². The summed E-state index contributed by atoms with van der Waals surface area (Å²) in [6.45, 7) is 0.532. The van der Waals surface area contributed by atoms with Crippen molar-refractivity contribution < 1.29 is 9.90 Å². The van der Waals surface area contributed by atoms with Gasteiger partial charge in [0.15, 0.2) is 0 Å². The standard InChI is InChI=1S/C18H22N2O2/c19-12-18(9-10-18)15-7-5-13(6-8-15)17(22)20-11-14-3-1-2-4-16(14)21/h5-8,14,16,21H,1-4,9-11H2,(H,20,22). The molecular weight excluding hydrogens is 276 g/mol. The van der Waals surface area contributed by atoms with Gasteiger partial charge >= 0.3 is 0 Å². The summed E-state index contributed by atoms with van der Waals surface area (Å²) in [5.74, 6) is 0.0661. The molecule has 0 aromatic heterocycles. The minimum Gasteiger partial charge on any atom is -0.393 e. The summed E-state index contributed by atoms with van der Waals surface area (Å²) in [5.41, 5.74) is 1.32. The molecule has 0 radical (unpaired) electrons. The fraction of sp³-hybridized carbons (Fsp3) is 0.556. The first kappa shape index (κ1) is 15.1. The molecule has 1 aromatic carbocycles. The number of carbonyl (C=O) groups is 1. The topological polar surface area (TPSA) is 73.1 Å². The second-order valence-corrected chi connectivity index (χ2v) is 6.59. The molecule has 1 aromatic rings. The van der Waals surface area contributed by atoms with Gasteiger partial charge in [0.1, 0.15) is 0 Å². The lowest BCUT2D eigenvalue weighted by atomic mass is 9.86. The van der Waals surface area contributed by atoms with E-state index in [1.165, 1.54) is 0 Å². The van der Waals surface area contributed by atoms with Crippen LogP contribution >= 0.6 is 0 Å². The quantitative estimate of drug-likeness (QED) is 0.897. The van der Waals surface area contributed by atoms with Crippen molar-refractivity contribution in [1.82, 2.24) is 5.32 Å². The molecule has 0 aliphatic heterocycles. The molecule has 0 heterocycles. The number of carbonyl (C=O) groups excluding carboxylic acids is 1. The first-order valence-electron chi connectivity index (χ1n) is 8.13. The molecule has 2 fully saturated rings. The monoisotopic (exact) mass is 298 g/mol. The van der Waals surface area contributed by atoms with Crippen LogP contribution in [-0.2, 0) is 5.41 Å². The zero-order valence-corrected chi connectivity index (χ0v) is 12.7. The summed E-state index contributed by atoms with van der Waals surface area (Å²) in [5, 5.41) is 22.0. The second-order valence-electron chi connectivity index (χ2n) is 6.59. The van der Waals surface area contributed by atoms with Gasteiger partial charge in [0.2, 0.25) is 0 Å². The second kappa shape index (κ2) is 6.10. The van der Waals surface area contributed by atoms with Crippen LogP contribution in [0, 0.1) is 17.2 Å². The van der Waals surface area contributed by atoms with Gasteiger partial charge in [-0.1, -0.05) is 25.0 Å². The van der Waals surface area contributed by atoms with E-state index in [9.17, 15) is 15.2 Å². The van der Waals surface area contributed by atoms with Gasteiger partial charge in [-0.15, -0.1) is 0 Å². The van der Waals surface area contributed by atoms with Crippen LogP contribution in [0.4, 0.5) is 0 Å². The third kappa shape index (κ3) is 3.00. The van der Waals surface area contributed by atoms with E-state index in [0.717, 1.165) is 44.1 Å². The van der Waals surface area contributed by atoms with Gasteiger partial charge in [-0.3, -0.25) is 4.79 Å². The van der Waals surface area contributed by atoms with Gasteiger partial charge in [0.05, 0.1) is 17.6 Å². The summed E-state index contributed by atoms with van der Waals surface area (Å²) in [4.78, 5) is 12.2. The van der Waals surface area contributed by atoms with Crippen LogP contribution < -0.4 is 5.32 Å². The zero-order valence-electron chi connectivity index (χ0n) is 12.7. The molecular formula is C18H22N2O2. The molecule has 2 aliphatic rings. The molecule has 2 atom stereocenters. The van der Waals surface area contributed by atoms with Crippen molar-refractivity contribution in [2.24, 2.45) is 5.92 Å². The molecule has 2 aliphatic carbocycles. The van der Waals surface area contributed by atoms with Crippen molar-refractivity contribution in [3.63, 3.8) is 0 Å². The molecule has 2 N–H and O–H groups in total. The first-order valence-corrected chi connectivity index (χ1v) is 8.13. The number of nitrogens with one attached hydrogen (secondary N) is 1. The third-order valence-corrected chi connectivity index (χ3v) is 5.06. The number of rotatable bonds is 4. The molecule has 2 saturated carbocycles. The molecule has 4 heteroatoms. The maximum Gasteiger partial charge on any atom is 0.251 e. The SMILES string of the molecule is N#CC1(c2ccc(C(=O)NCC3CCCCC3O)cc2)CC1. The Morgan fingerprint density at radius 1 is 1.27 bits per heavy atom. The van der Waals surface area contributed by atoms with E-state index in [-0.39, 0.29) is 23.3 Å². The maximum absolute atomic E-state index is 12.2. The number of aliphatic hydroxyl groups is 1. The molecule has 2 unspecified atom stereocenters. The highest BCUT2D eigenvalue weighted by Crippen LogP contribution is 2.47. The van der Waals surface area contributed by atoms with E-state index in [4.69, 9.17) is 0 Å². The summed E-state index contributed by atoms with van der Waals surface area (Å²) in [7, 11) is 0. The minimum atomic E-state index is -0.304. The lowest BCUT2D eigenvalue weighted by molar-refractivity contribution is 0.0663. The molecule has 1 amide bonds. The summed E-state index contributed by atoms with van der Waals surface area (Å²) in [6.07, 6.45) is 5.55. The molecule has 3 rings (SSSR count). The summed E-state index contributed by atoms with van der Waals surface area (Å²) in [6, 6.07) is 9.72. The fourth-order valence-electron chi connectivity index (χ4n) is 3.28. The van der Waals surface area contributed by atoms with E-state index in [1.807, 2.05) is 12.1 Å². The molecule has 22 heavy (non-hydrogen) atoms. The average molecular weight is 298 g/mol. The van der Waals surface area contributed by atoms with E-state index >= 15 is 0 Å². The van der Waals surface area contributed by atoms with Crippen LogP contribution in [0.5, 0.6) is 0 Å². The Kier molecular flexibility index (Phi) is 4.17. The molecule has 0 saturated heterocycles. The van der Waals surface area contributed by atoms with Gasteiger partial charge < -0.3 is 10.4 Å². The van der Waals surface area contributed by atoms with Crippen molar-refractivity contribution >= 4 is 5.91 Å². The van der Waals surface area contributed by atoms with Crippen molar-refractivity contribution in [2.75, 3.05) is 6.54 Å². The lowest BCUT2D eigenvalue weighted by Gasteiger charge is -2.27. The smallest absolute Gasteiger partial charge is 0.251 e. The van der Waals surface area contributed by atoms with E-state index in [2.05, 4.69) is 11.4 Å². The van der Waals surface area contributed by atoms with E-state index < -0.39 is 0 Å². The average Bonchev–Trinajstić information content (AvgIpc) is 3.35. The number of nitriles is 1. The Morgan fingerprint density at radius 3 is 2.55 bits per heavy atom. The number of amides is 1. The van der Waals surface area contributed by atoms with Gasteiger partial charge in [0, 0.05) is 18.0 Å². The Hall–Kier alpha value is -1.86. The number of aliphatic hydroxyl groups excluding tert-OH is 1. The van der Waals surface area contributed by atoms with Crippen molar-refractivity contribution in [2.45, 2.75) is 50.0 Å². The number of benzene rings is 1. The minimum absolute atomic E-state index is 0.105. The number of hydrogen-bond donors (Lipinski definition) is 2. The van der Waals surface area contributed by atoms with Crippen LogP contribution in [0.15, 0.2) is 24.3 Å². The Morgan fingerprint density at radius 2 is 1.95 bits per heavy atom. The highest BCUT2D eigenvalue weighted by atomic mass is 16.3. The molecule has 4 nitrogen and oxygen atoms in total. The molecule has 116 valence electrons. The number of hydrogen-bond acceptors (Lipinski definition) is 3. The summed E-state index contributed by atoms with van der Waals surface area (Å²) >= 11 is 0. The van der Waals surface area contributed by atoms with E-state index in [1.54, 1.807) is 12.1 Å². The highest BCUT2D eigenvalue weighted by molar-refractivity contribution is 5.94. The van der Waals surface area contributed by atoms with Crippen LogP contribution in [0.3, 0.4) is 0 Å².